The molecular formula is C25H23NO5. The van der Waals surface area contributed by atoms with Gasteiger partial charge in [0, 0.05) is 30.1 Å². The minimum Gasteiger partial charge on any atom is -0.508 e. The number of nitrogens with zero attached hydrogens (tertiary/aromatic N) is 1. The summed E-state index contributed by atoms with van der Waals surface area (Å²) >= 11 is 0. The average Bonchev–Trinajstić information content (AvgIpc) is 2.77. The number of aromatic hydroxyl groups is 2. The fourth-order valence-electron chi connectivity index (χ4n) is 2.95. The number of phenolic OH excluding ortho intramolecular Hbond substituents is 2. The first-order valence-corrected chi connectivity index (χ1v) is 9.52. The van der Waals surface area contributed by atoms with Crippen LogP contribution < -0.4 is 9.64 Å². The third-order valence-corrected chi connectivity index (χ3v) is 4.64. The summed E-state index contributed by atoms with van der Waals surface area (Å²) in [7, 11) is 1.89. The summed E-state index contributed by atoms with van der Waals surface area (Å²) in [5.74, 6) is -0.894. The van der Waals surface area contributed by atoms with E-state index in [0.717, 1.165) is 5.69 Å². The summed E-state index contributed by atoms with van der Waals surface area (Å²) in [5, 5.41) is 29.1. The zero-order chi connectivity index (χ0) is 22.4. The van der Waals surface area contributed by atoms with Gasteiger partial charge in [-0.3, -0.25) is 0 Å². The third-order valence-electron chi connectivity index (χ3n) is 4.64. The van der Waals surface area contributed by atoms with Crippen LogP contribution in [0.15, 0.2) is 91.7 Å². The van der Waals surface area contributed by atoms with Gasteiger partial charge in [0.1, 0.15) is 17.2 Å². The second-order valence-electron chi connectivity index (χ2n) is 6.90. The summed E-state index contributed by atoms with van der Waals surface area (Å²) in [6.07, 6.45) is 2.28. The lowest BCUT2D eigenvalue weighted by molar-refractivity contribution is -0.145. The zero-order valence-corrected chi connectivity index (χ0v) is 17.0. The van der Waals surface area contributed by atoms with Crippen LogP contribution in [-0.4, -0.2) is 28.3 Å². The Morgan fingerprint density at radius 2 is 1.65 bits per heavy atom. The fourth-order valence-corrected chi connectivity index (χ4v) is 2.95. The molecule has 0 aliphatic rings. The monoisotopic (exact) mass is 417 g/mol. The van der Waals surface area contributed by atoms with E-state index < -0.39 is 12.1 Å². The van der Waals surface area contributed by atoms with Crippen molar-refractivity contribution in [3.8, 4) is 17.2 Å². The predicted octanol–water partition coefficient (Wildman–Crippen LogP) is 4.97. The molecule has 0 amide bonds. The van der Waals surface area contributed by atoms with Gasteiger partial charge in [0.2, 0.25) is 6.10 Å². The topological polar surface area (TPSA) is 90.2 Å². The number of carboxylic acid groups (broad SMARTS) is 1. The van der Waals surface area contributed by atoms with Crippen molar-refractivity contribution in [3.05, 3.63) is 103 Å². The highest BCUT2D eigenvalue weighted by Crippen LogP contribution is 2.33. The Labute approximate surface area is 180 Å². The van der Waals surface area contributed by atoms with Gasteiger partial charge in [-0.25, -0.2) is 4.79 Å². The summed E-state index contributed by atoms with van der Waals surface area (Å²) in [5.41, 5.74) is 2.35. The summed E-state index contributed by atoms with van der Waals surface area (Å²) in [6, 6.07) is 19.9. The fraction of sp³-hybridized carbons (Fsp3) is 0.0800. The average molecular weight is 417 g/mol. The van der Waals surface area contributed by atoms with E-state index in [-0.39, 0.29) is 17.2 Å². The first-order valence-electron chi connectivity index (χ1n) is 9.52. The summed E-state index contributed by atoms with van der Waals surface area (Å²) in [6.45, 7) is 4.04. The quantitative estimate of drug-likeness (QED) is 0.449. The number of hydrogen-bond acceptors (Lipinski definition) is 5. The lowest BCUT2D eigenvalue weighted by Gasteiger charge is -2.19. The number of aliphatic carboxylic acids is 1. The molecule has 0 aliphatic carbocycles. The van der Waals surface area contributed by atoms with Crippen molar-refractivity contribution in [3.63, 3.8) is 0 Å². The van der Waals surface area contributed by atoms with Gasteiger partial charge in [-0.15, -0.1) is 0 Å². The highest BCUT2D eigenvalue weighted by molar-refractivity contribution is 5.79. The highest BCUT2D eigenvalue weighted by Gasteiger charge is 2.23. The van der Waals surface area contributed by atoms with E-state index in [9.17, 15) is 20.1 Å². The highest BCUT2D eigenvalue weighted by atomic mass is 16.5. The van der Waals surface area contributed by atoms with Crippen molar-refractivity contribution >= 4 is 17.2 Å². The number of carboxylic acids is 1. The molecule has 0 radical (unpaired) electrons. The van der Waals surface area contributed by atoms with E-state index in [1.807, 2.05) is 48.5 Å². The van der Waals surface area contributed by atoms with Gasteiger partial charge < -0.3 is 25.0 Å². The number of carbonyl (C=O) groups is 1. The molecule has 0 saturated heterocycles. The molecule has 0 saturated carbocycles. The van der Waals surface area contributed by atoms with Gasteiger partial charge >= 0.3 is 5.97 Å². The zero-order valence-electron chi connectivity index (χ0n) is 17.0. The Kier molecular flexibility index (Phi) is 6.62. The van der Waals surface area contributed by atoms with Crippen LogP contribution in [0.25, 0.3) is 5.57 Å². The molecular weight excluding hydrogens is 394 g/mol. The molecule has 3 rings (SSSR count). The molecule has 6 nitrogen and oxygen atoms in total. The predicted molar refractivity (Wildman–Crippen MR) is 120 cm³/mol. The van der Waals surface area contributed by atoms with Crippen molar-refractivity contribution in [1.82, 2.24) is 0 Å². The standard InChI is InChI=1S/C25H23NO5/c1-17(14-15-26(2)19-6-4-3-5-7-19)22-16-21(28)12-13-23(22)31-24(25(29)30)18-8-10-20(27)11-9-18/h3-16,24,27-28H,1H2,2H3,(H,29,30)/b15-14-. The number of hydrogen-bond donors (Lipinski definition) is 3. The van der Waals surface area contributed by atoms with Crippen molar-refractivity contribution in [2.75, 3.05) is 11.9 Å². The molecule has 3 aromatic rings. The van der Waals surface area contributed by atoms with E-state index >= 15 is 0 Å². The number of phenols is 2. The Balaban J connectivity index is 1.87. The first kappa shape index (κ1) is 21.5. The maximum atomic E-state index is 11.8. The van der Waals surface area contributed by atoms with Crippen LogP contribution in [-0.2, 0) is 4.79 Å². The molecule has 6 heteroatoms. The maximum Gasteiger partial charge on any atom is 0.349 e. The molecule has 31 heavy (non-hydrogen) atoms. The van der Waals surface area contributed by atoms with Gasteiger partial charge in [0.15, 0.2) is 0 Å². The lowest BCUT2D eigenvalue weighted by Crippen LogP contribution is -2.18. The van der Waals surface area contributed by atoms with Crippen LogP contribution in [0.1, 0.15) is 17.2 Å². The van der Waals surface area contributed by atoms with Crippen LogP contribution in [0.5, 0.6) is 17.2 Å². The minimum absolute atomic E-state index is 0.00447. The van der Waals surface area contributed by atoms with Crippen LogP contribution in [0, 0.1) is 0 Å². The molecule has 1 atom stereocenters. The van der Waals surface area contributed by atoms with Gasteiger partial charge in [-0.05, 0) is 54.1 Å². The molecule has 3 N–H and O–H groups in total. The van der Waals surface area contributed by atoms with Gasteiger partial charge in [-0.2, -0.15) is 0 Å². The molecule has 1 unspecified atom stereocenters. The van der Waals surface area contributed by atoms with Gasteiger partial charge in [-0.1, -0.05) is 36.9 Å². The van der Waals surface area contributed by atoms with E-state index in [0.29, 0.717) is 16.7 Å². The van der Waals surface area contributed by atoms with Crippen molar-refractivity contribution in [1.29, 1.82) is 0 Å². The lowest BCUT2D eigenvalue weighted by atomic mass is 10.0. The molecule has 0 aromatic heterocycles. The van der Waals surface area contributed by atoms with Gasteiger partial charge in [0.25, 0.3) is 0 Å². The smallest absolute Gasteiger partial charge is 0.349 e. The van der Waals surface area contributed by atoms with Crippen molar-refractivity contribution < 1.29 is 24.9 Å². The van der Waals surface area contributed by atoms with E-state index in [4.69, 9.17) is 4.74 Å². The van der Waals surface area contributed by atoms with E-state index in [1.54, 1.807) is 6.08 Å². The molecule has 0 heterocycles. The third kappa shape index (κ3) is 5.45. The normalized spacial score (nSPS) is 11.8. The second kappa shape index (κ2) is 9.54. The van der Waals surface area contributed by atoms with E-state index in [2.05, 4.69) is 6.58 Å². The van der Waals surface area contributed by atoms with Crippen molar-refractivity contribution in [2.45, 2.75) is 6.10 Å². The van der Waals surface area contributed by atoms with Crippen LogP contribution in [0.2, 0.25) is 0 Å². The molecule has 158 valence electrons. The summed E-state index contributed by atoms with van der Waals surface area (Å²) in [4.78, 5) is 13.7. The Bertz CT molecular complexity index is 1090. The molecule has 0 spiro atoms. The number of anilines is 1. The molecule has 0 aliphatic heterocycles. The molecule has 0 fully saturated rings. The molecule has 0 bridgehead atoms. The Hall–Kier alpha value is -4.19. The van der Waals surface area contributed by atoms with Crippen LogP contribution in [0.3, 0.4) is 0 Å². The second-order valence-corrected chi connectivity index (χ2v) is 6.90. The Morgan fingerprint density at radius 1 is 1.00 bits per heavy atom. The largest absolute Gasteiger partial charge is 0.508 e. The van der Waals surface area contributed by atoms with Crippen molar-refractivity contribution in [2.24, 2.45) is 0 Å². The summed E-state index contributed by atoms with van der Waals surface area (Å²) < 4.78 is 5.80. The maximum absolute atomic E-state index is 11.8. The number of rotatable bonds is 8. The SMILES string of the molecule is C=C(/C=C\N(C)c1ccccc1)c1cc(O)ccc1OC(C(=O)O)c1ccc(O)cc1. The number of ether oxygens (including phenoxy) is 1. The number of allylic oxidation sites excluding steroid dienone is 2. The minimum atomic E-state index is -1.30. The van der Waals surface area contributed by atoms with E-state index in [1.165, 1.54) is 42.5 Å². The molecule has 3 aromatic carbocycles. The van der Waals surface area contributed by atoms with Crippen LogP contribution in [0.4, 0.5) is 5.69 Å². The van der Waals surface area contributed by atoms with Gasteiger partial charge in [0.05, 0.1) is 0 Å². The van der Waals surface area contributed by atoms with Crippen LogP contribution >= 0.6 is 0 Å². The Morgan fingerprint density at radius 3 is 2.29 bits per heavy atom. The number of para-hydroxylation sites is 1. The first-order chi connectivity index (χ1) is 14.8. The number of benzene rings is 3.